The minimum atomic E-state index is -0.139. The molecule has 118 valence electrons. The summed E-state index contributed by atoms with van der Waals surface area (Å²) in [4.78, 5) is 18.8. The standard InChI is InChI=1S/C14H24N4O2S/c1-5-6-18(7-8-20-4)13(19)11-12(15)17-14(21-11)16-9-10(2)3/h5,10H,1,6-9,15H2,2-4H3,(H,16,17). The van der Waals surface area contributed by atoms with E-state index in [1.54, 1.807) is 18.1 Å². The summed E-state index contributed by atoms with van der Waals surface area (Å²) >= 11 is 1.28. The summed E-state index contributed by atoms with van der Waals surface area (Å²) in [6, 6.07) is 0. The Labute approximate surface area is 130 Å². The van der Waals surface area contributed by atoms with Crippen molar-refractivity contribution in [3.63, 3.8) is 0 Å². The third-order valence-corrected chi connectivity index (χ3v) is 3.73. The highest BCUT2D eigenvalue weighted by atomic mass is 32.1. The Morgan fingerprint density at radius 3 is 2.90 bits per heavy atom. The Balaban J connectivity index is 2.81. The maximum Gasteiger partial charge on any atom is 0.268 e. The van der Waals surface area contributed by atoms with Crippen LogP contribution in [0.25, 0.3) is 0 Å². The predicted octanol–water partition coefficient (Wildman–Crippen LogP) is 2.07. The van der Waals surface area contributed by atoms with Gasteiger partial charge >= 0.3 is 0 Å². The first-order valence-electron chi connectivity index (χ1n) is 6.88. The Bertz CT molecular complexity index is 474. The van der Waals surface area contributed by atoms with E-state index in [9.17, 15) is 4.79 Å². The van der Waals surface area contributed by atoms with Gasteiger partial charge in [-0.2, -0.15) is 0 Å². The normalized spacial score (nSPS) is 10.7. The van der Waals surface area contributed by atoms with Crippen LogP contribution in [0.3, 0.4) is 0 Å². The highest BCUT2D eigenvalue weighted by Gasteiger charge is 2.21. The van der Waals surface area contributed by atoms with Crippen molar-refractivity contribution in [1.29, 1.82) is 0 Å². The van der Waals surface area contributed by atoms with Crippen LogP contribution in [0.5, 0.6) is 0 Å². The van der Waals surface area contributed by atoms with Gasteiger partial charge < -0.3 is 20.7 Å². The van der Waals surface area contributed by atoms with Crippen LogP contribution in [-0.4, -0.2) is 49.1 Å². The second-order valence-electron chi connectivity index (χ2n) is 5.04. The lowest BCUT2D eigenvalue weighted by Crippen LogP contribution is -2.34. The van der Waals surface area contributed by atoms with Gasteiger partial charge in [0.15, 0.2) is 5.13 Å². The van der Waals surface area contributed by atoms with Crippen molar-refractivity contribution in [1.82, 2.24) is 9.88 Å². The number of thiazole rings is 1. The molecular formula is C14H24N4O2S. The second-order valence-corrected chi connectivity index (χ2v) is 6.04. The van der Waals surface area contributed by atoms with Crippen molar-refractivity contribution < 1.29 is 9.53 Å². The molecule has 7 heteroatoms. The largest absolute Gasteiger partial charge is 0.383 e. The summed E-state index contributed by atoms with van der Waals surface area (Å²) < 4.78 is 5.02. The van der Waals surface area contributed by atoms with E-state index in [-0.39, 0.29) is 11.7 Å². The minimum Gasteiger partial charge on any atom is -0.383 e. The zero-order valence-electron chi connectivity index (χ0n) is 12.9. The number of nitrogens with two attached hydrogens (primary N) is 1. The van der Waals surface area contributed by atoms with Crippen LogP contribution in [0.2, 0.25) is 0 Å². The first kappa shape index (κ1) is 17.5. The Hall–Kier alpha value is -1.60. The molecule has 3 N–H and O–H groups in total. The van der Waals surface area contributed by atoms with Crippen molar-refractivity contribution in [2.24, 2.45) is 5.92 Å². The topological polar surface area (TPSA) is 80.5 Å². The van der Waals surface area contributed by atoms with Gasteiger partial charge in [-0.05, 0) is 5.92 Å². The highest BCUT2D eigenvalue weighted by Crippen LogP contribution is 2.26. The quantitative estimate of drug-likeness (QED) is 0.682. The van der Waals surface area contributed by atoms with E-state index in [2.05, 4.69) is 30.7 Å². The number of aromatic nitrogens is 1. The monoisotopic (exact) mass is 312 g/mol. The number of amides is 1. The molecule has 1 heterocycles. The van der Waals surface area contributed by atoms with Crippen molar-refractivity contribution in [2.45, 2.75) is 13.8 Å². The molecule has 1 rings (SSSR count). The van der Waals surface area contributed by atoms with Crippen LogP contribution >= 0.6 is 11.3 Å². The Morgan fingerprint density at radius 2 is 2.33 bits per heavy atom. The fourth-order valence-electron chi connectivity index (χ4n) is 1.63. The molecule has 0 aliphatic rings. The molecule has 0 bridgehead atoms. The number of carbonyl (C=O) groups excluding carboxylic acids is 1. The molecule has 1 amide bonds. The molecule has 0 aliphatic heterocycles. The summed E-state index contributed by atoms with van der Waals surface area (Å²) in [5, 5.41) is 3.86. The van der Waals surface area contributed by atoms with Crippen LogP contribution in [0.4, 0.5) is 10.9 Å². The number of nitrogens with one attached hydrogen (secondary N) is 1. The molecule has 0 saturated heterocycles. The smallest absolute Gasteiger partial charge is 0.268 e. The van der Waals surface area contributed by atoms with Crippen LogP contribution < -0.4 is 11.1 Å². The molecule has 1 aromatic heterocycles. The van der Waals surface area contributed by atoms with Crippen molar-refractivity contribution in [3.05, 3.63) is 17.5 Å². The van der Waals surface area contributed by atoms with E-state index < -0.39 is 0 Å². The third-order valence-electron chi connectivity index (χ3n) is 2.71. The molecule has 6 nitrogen and oxygen atoms in total. The summed E-state index contributed by atoms with van der Waals surface area (Å²) in [6.45, 7) is 10.1. The van der Waals surface area contributed by atoms with Crippen molar-refractivity contribution >= 4 is 28.2 Å². The van der Waals surface area contributed by atoms with Gasteiger partial charge in [-0.1, -0.05) is 31.3 Å². The number of hydrogen-bond acceptors (Lipinski definition) is 6. The van der Waals surface area contributed by atoms with Crippen LogP contribution in [0.1, 0.15) is 23.5 Å². The van der Waals surface area contributed by atoms with E-state index in [1.165, 1.54) is 11.3 Å². The highest BCUT2D eigenvalue weighted by molar-refractivity contribution is 7.18. The van der Waals surface area contributed by atoms with E-state index in [0.29, 0.717) is 35.6 Å². The average Bonchev–Trinajstić information content (AvgIpc) is 2.81. The van der Waals surface area contributed by atoms with Gasteiger partial charge in [0.2, 0.25) is 0 Å². The number of anilines is 2. The molecule has 0 spiro atoms. The molecular weight excluding hydrogens is 288 g/mol. The number of hydrogen-bond donors (Lipinski definition) is 2. The molecule has 0 saturated carbocycles. The molecule has 21 heavy (non-hydrogen) atoms. The Kier molecular flexibility index (Phi) is 7.18. The molecule has 1 aromatic rings. The maximum atomic E-state index is 12.5. The number of carbonyl (C=O) groups is 1. The van der Waals surface area contributed by atoms with Gasteiger partial charge in [-0.25, -0.2) is 4.98 Å². The van der Waals surface area contributed by atoms with Crippen LogP contribution in [-0.2, 0) is 4.74 Å². The van der Waals surface area contributed by atoms with Gasteiger partial charge in [0.25, 0.3) is 5.91 Å². The minimum absolute atomic E-state index is 0.139. The van der Waals surface area contributed by atoms with E-state index in [1.807, 2.05) is 0 Å². The van der Waals surface area contributed by atoms with Gasteiger partial charge in [0.05, 0.1) is 6.61 Å². The summed E-state index contributed by atoms with van der Waals surface area (Å²) in [7, 11) is 1.60. The molecule has 0 unspecified atom stereocenters. The van der Waals surface area contributed by atoms with Gasteiger partial charge in [0.1, 0.15) is 10.7 Å². The van der Waals surface area contributed by atoms with Gasteiger partial charge in [-0.3, -0.25) is 4.79 Å². The molecule has 0 atom stereocenters. The Morgan fingerprint density at radius 1 is 1.62 bits per heavy atom. The average molecular weight is 312 g/mol. The van der Waals surface area contributed by atoms with Crippen molar-refractivity contribution in [3.8, 4) is 0 Å². The number of nitrogen functional groups attached to an aromatic ring is 1. The molecule has 0 aliphatic carbocycles. The second kappa shape index (κ2) is 8.63. The van der Waals surface area contributed by atoms with Crippen molar-refractivity contribution in [2.75, 3.05) is 44.4 Å². The zero-order chi connectivity index (χ0) is 15.8. The lowest BCUT2D eigenvalue weighted by Gasteiger charge is -2.19. The van der Waals surface area contributed by atoms with Crippen LogP contribution in [0.15, 0.2) is 12.7 Å². The maximum absolute atomic E-state index is 12.5. The SMILES string of the molecule is C=CCN(CCOC)C(=O)c1sc(NCC(C)C)nc1N. The van der Waals surface area contributed by atoms with Gasteiger partial charge in [0, 0.05) is 26.7 Å². The lowest BCUT2D eigenvalue weighted by atomic mass is 10.2. The number of nitrogens with zero attached hydrogens (tertiary/aromatic N) is 2. The lowest BCUT2D eigenvalue weighted by molar-refractivity contribution is 0.0723. The van der Waals surface area contributed by atoms with Crippen LogP contribution in [0, 0.1) is 5.92 Å². The third kappa shape index (κ3) is 5.35. The first-order valence-corrected chi connectivity index (χ1v) is 7.70. The molecule has 0 radical (unpaired) electrons. The summed E-state index contributed by atoms with van der Waals surface area (Å²) in [5.41, 5.74) is 5.87. The number of rotatable bonds is 9. The first-order chi connectivity index (χ1) is 9.99. The predicted molar refractivity (Wildman–Crippen MR) is 87.8 cm³/mol. The zero-order valence-corrected chi connectivity index (χ0v) is 13.7. The molecule has 0 aromatic carbocycles. The van der Waals surface area contributed by atoms with E-state index in [0.717, 1.165) is 6.54 Å². The molecule has 0 fully saturated rings. The van der Waals surface area contributed by atoms with E-state index >= 15 is 0 Å². The van der Waals surface area contributed by atoms with E-state index in [4.69, 9.17) is 10.5 Å². The van der Waals surface area contributed by atoms with Gasteiger partial charge in [-0.15, -0.1) is 6.58 Å². The summed E-state index contributed by atoms with van der Waals surface area (Å²) in [5.74, 6) is 0.621. The summed E-state index contributed by atoms with van der Waals surface area (Å²) in [6.07, 6.45) is 1.68. The fraction of sp³-hybridized carbons (Fsp3) is 0.571. The fourth-order valence-corrected chi connectivity index (χ4v) is 2.49. The number of ether oxygens (including phenoxy) is 1. The number of methoxy groups -OCH3 is 1.